The summed E-state index contributed by atoms with van der Waals surface area (Å²) in [6.45, 7) is 0.756. The van der Waals surface area contributed by atoms with Crippen LogP contribution in [0.2, 0.25) is 0 Å². The number of carboxylic acid groups (broad SMARTS) is 2. The molecule has 0 fully saturated rings. The van der Waals surface area contributed by atoms with Gasteiger partial charge in [0.1, 0.15) is 6.04 Å². The minimum Gasteiger partial charge on any atom is -0.481 e. The average molecular weight is 248 g/mol. The molecule has 17 heavy (non-hydrogen) atoms. The standard InChI is InChI=1S/C9H16N2O6/c10-2-4-17-3-1-7(12)11-6(9(15)16)5-8(13)14/h6H,1-5,10H2,(H,11,12)(H,13,14)(H,15,16). The molecule has 98 valence electrons. The van der Waals surface area contributed by atoms with Crippen LogP contribution in [-0.4, -0.2) is 53.9 Å². The molecule has 1 atom stereocenters. The highest BCUT2D eigenvalue weighted by Gasteiger charge is 2.22. The lowest BCUT2D eigenvalue weighted by Crippen LogP contribution is -2.42. The first kappa shape index (κ1) is 15.3. The molecule has 8 heteroatoms. The van der Waals surface area contributed by atoms with Crippen LogP contribution in [0.3, 0.4) is 0 Å². The number of carbonyl (C=O) groups excluding carboxylic acids is 1. The summed E-state index contributed by atoms with van der Waals surface area (Å²) in [5.74, 6) is -3.25. The lowest BCUT2D eigenvalue weighted by molar-refractivity contribution is -0.147. The molecule has 0 saturated heterocycles. The van der Waals surface area contributed by atoms with Crippen LogP contribution in [-0.2, 0) is 19.1 Å². The van der Waals surface area contributed by atoms with Gasteiger partial charge in [-0.05, 0) is 0 Å². The highest BCUT2D eigenvalue weighted by molar-refractivity contribution is 5.86. The van der Waals surface area contributed by atoms with Gasteiger partial charge in [0.15, 0.2) is 0 Å². The lowest BCUT2D eigenvalue weighted by atomic mass is 10.2. The first-order valence-electron chi connectivity index (χ1n) is 4.99. The largest absolute Gasteiger partial charge is 0.481 e. The molecule has 0 saturated carbocycles. The lowest BCUT2D eigenvalue weighted by Gasteiger charge is -2.12. The number of aliphatic carboxylic acids is 2. The molecule has 0 heterocycles. The van der Waals surface area contributed by atoms with Gasteiger partial charge in [0, 0.05) is 13.0 Å². The summed E-state index contributed by atoms with van der Waals surface area (Å²) in [4.78, 5) is 32.2. The van der Waals surface area contributed by atoms with Crippen LogP contribution in [0.15, 0.2) is 0 Å². The first-order valence-corrected chi connectivity index (χ1v) is 4.99. The Bertz CT molecular complexity index is 281. The minimum atomic E-state index is -1.42. The third-order valence-electron chi connectivity index (χ3n) is 1.75. The van der Waals surface area contributed by atoms with Crippen LogP contribution in [0, 0.1) is 0 Å². The Kier molecular flexibility index (Phi) is 7.65. The Morgan fingerprint density at radius 2 is 1.88 bits per heavy atom. The number of ether oxygens (including phenoxy) is 1. The molecule has 0 spiro atoms. The van der Waals surface area contributed by atoms with Crippen molar-refractivity contribution in [2.24, 2.45) is 5.73 Å². The van der Waals surface area contributed by atoms with Crippen LogP contribution in [0.1, 0.15) is 12.8 Å². The van der Waals surface area contributed by atoms with E-state index in [4.69, 9.17) is 20.7 Å². The number of nitrogens with two attached hydrogens (primary N) is 1. The highest BCUT2D eigenvalue weighted by atomic mass is 16.5. The van der Waals surface area contributed by atoms with Gasteiger partial charge < -0.3 is 26.0 Å². The van der Waals surface area contributed by atoms with Gasteiger partial charge in [-0.3, -0.25) is 9.59 Å². The number of hydrogen-bond donors (Lipinski definition) is 4. The van der Waals surface area contributed by atoms with Crippen molar-refractivity contribution in [3.63, 3.8) is 0 Å². The maximum atomic E-state index is 11.2. The molecule has 0 aliphatic rings. The van der Waals surface area contributed by atoms with Crippen LogP contribution in [0.4, 0.5) is 0 Å². The van der Waals surface area contributed by atoms with Gasteiger partial charge in [0.05, 0.1) is 19.6 Å². The second-order valence-electron chi connectivity index (χ2n) is 3.21. The van der Waals surface area contributed by atoms with Gasteiger partial charge in [0.25, 0.3) is 0 Å². The van der Waals surface area contributed by atoms with Gasteiger partial charge in [-0.15, -0.1) is 0 Å². The summed E-state index contributed by atoms with van der Waals surface area (Å²) in [6.07, 6.45) is -0.700. The van der Waals surface area contributed by atoms with Crippen LogP contribution >= 0.6 is 0 Å². The smallest absolute Gasteiger partial charge is 0.326 e. The third-order valence-corrected chi connectivity index (χ3v) is 1.75. The van der Waals surface area contributed by atoms with Crippen molar-refractivity contribution >= 4 is 17.8 Å². The van der Waals surface area contributed by atoms with E-state index in [2.05, 4.69) is 5.32 Å². The zero-order chi connectivity index (χ0) is 13.3. The molecule has 0 bridgehead atoms. The van der Waals surface area contributed by atoms with Gasteiger partial charge in [0.2, 0.25) is 5.91 Å². The molecule has 0 aromatic rings. The number of hydrogen-bond acceptors (Lipinski definition) is 5. The Morgan fingerprint density at radius 1 is 1.24 bits per heavy atom. The predicted molar refractivity (Wildman–Crippen MR) is 56.3 cm³/mol. The Morgan fingerprint density at radius 3 is 2.35 bits per heavy atom. The molecule has 5 N–H and O–H groups in total. The monoisotopic (exact) mass is 248 g/mol. The summed E-state index contributed by atoms with van der Waals surface area (Å²) < 4.78 is 4.93. The Hall–Kier alpha value is -1.67. The molecule has 0 rings (SSSR count). The summed E-state index contributed by atoms with van der Waals surface area (Å²) in [5.41, 5.74) is 5.15. The maximum absolute atomic E-state index is 11.2. The number of nitrogens with one attached hydrogen (secondary N) is 1. The first-order chi connectivity index (χ1) is 7.97. The predicted octanol–water partition coefficient (Wildman–Crippen LogP) is -1.60. The van der Waals surface area contributed by atoms with E-state index >= 15 is 0 Å². The van der Waals surface area contributed by atoms with E-state index in [9.17, 15) is 14.4 Å². The fourth-order valence-corrected chi connectivity index (χ4v) is 0.991. The number of carbonyl (C=O) groups is 3. The topological polar surface area (TPSA) is 139 Å². The van der Waals surface area contributed by atoms with E-state index in [0.29, 0.717) is 13.2 Å². The van der Waals surface area contributed by atoms with E-state index in [-0.39, 0.29) is 13.0 Å². The summed E-state index contributed by atoms with van der Waals surface area (Å²) in [6, 6.07) is -1.42. The quantitative estimate of drug-likeness (QED) is 0.360. The van der Waals surface area contributed by atoms with E-state index in [0.717, 1.165) is 0 Å². The van der Waals surface area contributed by atoms with E-state index in [1.54, 1.807) is 0 Å². The second-order valence-corrected chi connectivity index (χ2v) is 3.21. The van der Waals surface area contributed by atoms with Gasteiger partial charge >= 0.3 is 11.9 Å². The zero-order valence-corrected chi connectivity index (χ0v) is 9.22. The van der Waals surface area contributed by atoms with Crippen LogP contribution in [0.5, 0.6) is 0 Å². The highest BCUT2D eigenvalue weighted by Crippen LogP contribution is 1.94. The fraction of sp³-hybridized carbons (Fsp3) is 0.667. The summed E-state index contributed by atoms with van der Waals surface area (Å²) >= 11 is 0. The second kappa shape index (κ2) is 8.48. The summed E-state index contributed by atoms with van der Waals surface area (Å²) in [5, 5.41) is 19.2. The number of carboxylic acids is 2. The fourth-order valence-electron chi connectivity index (χ4n) is 0.991. The normalized spacial score (nSPS) is 11.8. The maximum Gasteiger partial charge on any atom is 0.326 e. The Labute approximate surface area is 97.7 Å². The van der Waals surface area contributed by atoms with E-state index < -0.39 is 30.3 Å². The molecule has 1 unspecified atom stereocenters. The number of amides is 1. The molecular weight excluding hydrogens is 232 g/mol. The van der Waals surface area contributed by atoms with E-state index in [1.165, 1.54) is 0 Å². The van der Waals surface area contributed by atoms with Crippen molar-refractivity contribution in [2.75, 3.05) is 19.8 Å². The molecule has 0 aliphatic heterocycles. The molecule has 0 radical (unpaired) electrons. The molecule has 0 aliphatic carbocycles. The zero-order valence-electron chi connectivity index (χ0n) is 9.22. The molecule has 1 amide bonds. The van der Waals surface area contributed by atoms with Crippen molar-refractivity contribution in [1.29, 1.82) is 0 Å². The SMILES string of the molecule is NCCOCCC(=O)NC(CC(=O)O)C(=O)O. The average Bonchev–Trinajstić information content (AvgIpc) is 2.22. The van der Waals surface area contributed by atoms with Gasteiger partial charge in [-0.1, -0.05) is 0 Å². The van der Waals surface area contributed by atoms with Crippen molar-refractivity contribution in [3.8, 4) is 0 Å². The minimum absolute atomic E-state index is 0.0383. The molecule has 0 aromatic heterocycles. The van der Waals surface area contributed by atoms with Crippen molar-refractivity contribution in [2.45, 2.75) is 18.9 Å². The third kappa shape index (κ3) is 8.17. The van der Waals surface area contributed by atoms with Crippen molar-refractivity contribution < 1.29 is 29.3 Å². The van der Waals surface area contributed by atoms with Crippen molar-refractivity contribution in [1.82, 2.24) is 5.32 Å². The molecule has 8 nitrogen and oxygen atoms in total. The van der Waals surface area contributed by atoms with Crippen LogP contribution in [0.25, 0.3) is 0 Å². The number of rotatable bonds is 9. The Balaban J connectivity index is 3.96. The molecular formula is C9H16N2O6. The van der Waals surface area contributed by atoms with Gasteiger partial charge in [-0.25, -0.2) is 4.79 Å². The van der Waals surface area contributed by atoms with Gasteiger partial charge in [-0.2, -0.15) is 0 Å². The van der Waals surface area contributed by atoms with Crippen molar-refractivity contribution in [3.05, 3.63) is 0 Å². The van der Waals surface area contributed by atoms with E-state index in [1.807, 2.05) is 0 Å². The van der Waals surface area contributed by atoms with Crippen LogP contribution < -0.4 is 11.1 Å². The molecule has 0 aromatic carbocycles. The summed E-state index contributed by atoms with van der Waals surface area (Å²) in [7, 11) is 0.